The number of hydrogen-bond donors (Lipinski definition) is 3. The molecule has 0 aromatic heterocycles. The first kappa shape index (κ1) is 11.7. The number of carboxylic acid groups (broad SMARTS) is 1. The monoisotopic (exact) mass is 190 g/mol. The molecule has 6 heteroatoms. The van der Waals surface area contributed by atoms with Crippen LogP contribution in [0.25, 0.3) is 0 Å². The van der Waals surface area contributed by atoms with Crippen molar-refractivity contribution in [2.24, 2.45) is 0 Å². The third kappa shape index (κ3) is 4.32. The number of hydrogen-bond acceptors (Lipinski definition) is 3. The quantitative estimate of drug-likeness (QED) is 0.535. The highest BCUT2D eigenvalue weighted by Crippen LogP contribution is 1.84. The van der Waals surface area contributed by atoms with Crippen LogP contribution in [0.3, 0.4) is 0 Å². The van der Waals surface area contributed by atoms with Crippen LogP contribution in [-0.2, 0) is 4.79 Å². The molecule has 0 saturated carbocycles. The van der Waals surface area contributed by atoms with Crippen LogP contribution < -0.4 is 5.32 Å². The Kier molecular flexibility index (Phi) is 4.83. The smallest absolute Gasteiger partial charge is 0.334 e. The normalized spacial score (nSPS) is 11.9. The van der Waals surface area contributed by atoms with E-state index in [1.54, 1.807) is 14.0 Å². The van der Waals surface area contributed by atoms with Gasteiger partial charge in [0.2, 0.25) is 0 Å². The highest BCUT2D eigenvalue weighted by molar-refractivity contribution is 5.76. The Morgan fingerprint density at radius 1 is 1.54 bits per heavy atom. The van der Waals surface area contributed by atoms with Crippen molar-refractivity contribution in [3.8, 4) is 0 Å². The largest absolute Gasteiger partial charge is 0.479 e. The van der Waals surface area contributed by atoms with Gasteiger partial charge in [-0.3, -0.25) is 0 Å². The number of rotatable bonds is 4. The lowest BCUT2D eigenvalue weighted by Crippen LogP contribution is -2.42. The molecule has 13 heavy (non-hydrogen) atoms. The van der Waals surface area contributed by atoms with Crippen molar-refractivity contribution in [2.45, 2.75) is 13.0 Å². The van der Waals surface area contributed by atoms with Gasteiger partial charge in [-0.2, -0.15) is 0 Å². The van der Waals surface area contributed by atoms with E-state index in [0.29, 0.717) is 6.54 Å². The summed E-state index contributed by atoms with van der Waals surface area (Å²) < 4.78 is 0. The van der Waals surface area contributed by atoms with Gasteiger partial charge < -0.3 is 20.4 Å². The highest BCUT2D eigenvalue weighted by Gasteiger charge is 2.14. The van der Waals surface area contributed by atoms with Gasteiger partial charge in [0.1, 0.15) is 0 Å². The number of nitrogens with zero attached hydrogens (tertiary/aromatic N) is 1. The van der Waals surface area contributed by atoms with Gasteiger partial charge in [-0.05, 0) is 6.92 Å². The number of aliphatic carboxylic acids is 1. The summed E-state index contributed by atoms with van der Waals surface area (Å²) in [5.74, 6) is -1.35. The number of carbonyl (C=O) groups excluding carboxylic acids is 1. The molecule has 0 rings (SSSR count). The molecule has 0 spiro atoms. The summed E-state index contributed by atoms with van der Waals surface area (Å²) in [5, 5.41) is 19.3. The van der Waals surface area contributed by atoms with Crippen molar-refractivity contribution < 1.29 is 19.8 Å². The van der Waals surface area contributed by atoms with Crippen LogP contribution in [0.5, 0.6) is 0 Å². The minimum absolute atomic E-state index is 0.279. The fourth-order valence-corrected chi connectivity index (χ4v) is 0.550. The second-order valence-electron chi connectivity index (χ2n) is 2.55. The zero-order valence-corrected chi connectivity index (χ0v) is 7.65. The van der Waals surface area contributed by atoms with Gasteiger partial charge in [-0.15, -0.1) is 0 Å². The topological polar surface area (TPSA) is 89.9 Å². The Labute approximate surface area is 76.2 Å². The SMILES string of the molecule is CCN(C)C(=O)NC[C@H](O)C(=O)O. The summed E-state index contributed by atoms with van der Waals surface area (Å²) in [6.45, 7) is 2.03. The van der Waals surface area contributed by atoms with Gasteiger partial charge in [-0.1, -0.05) is 0 Å². The van der Waals surface area contributed by atoms with Crippen LogP contribution in [-0.4, -0.2) is 53.4 Å². The Hall–Kier alpha value is -1.30. The second kappa shape index (κ2) is 5.36. The van der Waals surface area contributed by atoms with Crippen molar-refractivity contribution in [2.75, 3.05) is 20.1 Å². The van der Waals surface area contributed by atoms with E-state index >= 15 is 0 Å². The van der Waals surface area contributed by atoms with Gasteiger partial charge in [-0.25, -0.2) is 9.59 Å². The molecule has 3 N–H and O–H groups in total. The summed E-state index contributed by atoms with van der Waals surface area (Å²) in [4.78, 5) is 22.5. The van der Waals surface area contributed by atoms with Crippen molar-refractivity contribution in [1.82, 2.24) is 10.2 Å². The zero-order chi connectivity index (χ0) is 10.4. The van der Waals surface area contributed by atoms with Crippen molar-refractivity contribution >= 4 is 12.0 Å². The van der Waals surface area contributed by atoms with E-state index in [9.17, 15) is 9.59 Å². The number of carboxylic acids is 1. The van der Waals surface area contributed by atoms with Crippen LogP contribution in [0.2, 0.25) is 0 Å². The Balaban J connectivity index is 3.76. The molecule has 1 atom stereocenters. The predicted octanol–water partition coefficient (Wildman–Crippen LogP) is -0.907. The lowest BCUT2D eigenvalue weighted by molar-refractivity contribution is -0.146. The van der Waals surface area contributed by atoms with Crippen molar-refractivity contribution in [1.29, 1.82) is 0 Å². The molecule has 0 aliphatic rings. The number of nitrogens with one attached hydrogen (secondary N) is 1. The van der Waals surface area contributed by atoms with Gasteiger partial charge in [0.05, 0.1) is 6.54 Å². The van der Waals surface area contributed by atoms with Crippen LogP contribution >= 0.6 is 0 Å². The summed E-state index contributed by atoms with van der Waals surface area (Å²) in [7, 11) is 1.57. The summed E-state index contributed by atoms with van der Waals surface area (Å²) >= 11 is 0. The second-order valence-corrected chi connectivity index (χ2v) is 2.55. The minimum Gasteiger partial charge on any atom is -0.479 e. The van der Waals surface area contributed by atoms with Gasteiger partial charge in [0.15, 0.2) is 6.10 Å². The van der Waals surface area contributed by atoms with E-state index in [1.807, 2.05) is 0 Å². The standard InChI is InChI=1S/C7H14N2O4/c1-3-9(2)7(13)8-4-5(10)6(11)12/h5,10H,3-4H2,1-2H3,(H,8,13)(H,11,12)/t5-/m0/s1. The Morgan fingerprint density at radius 3 is 2.46 bits per heavy atom. The van der Waals surface area contributed by atoms with E-state index < -0.39 is 18.1 Å². The first-order valence-corrected chi connectivity index (χ1v) is 3.88. The third-order valence-corrected chi connectivity index (χ3v) is 1.55. The first-order chi connectivity index (χ1) is 5.99. The van der Waals surface area contributed by atoms with E-state index in [2.05, 4.69) is 5.32 Å². The maximum atomic E-state index is 11.0. The van der Waals surface area contributed by atoms with Crippen molar-refractivity contribution in [3.05, 3.63) is 0 Å². The van der Waals surface area contributed by atoms with Crippen molar-refractivity contribution in [3.63, 3.8) is 0 Å². The number of aliphatic hydroxyl groups excluding tert-OH is 1. The van der Waals surface area contributed by atoms with Gasteiger partial charge in [0, 0.05) is 13.6 Å². The van der Waals surface area contributed by atoms with Crippen LogP contribution in [0.4, 0.5) is 4.79 Å². The molecule has 0 heterocycles. The fraction of sp³-hybridized carbons (Fsp3) is 0.714. The van der Waals surface area contributed by atoms with E-state index in [-0.39, 0.29) is 6.54 Å². The molecular formula is C7H14N2O4. The highest BCUT2D eigenvalue weighted by atomic mass is 16.4. The molecule has 0 radical (unpaired) electrons. The molecule has 6 nitrogen and oxygen atoms in total. The maximum Gasteiger partial charge on any atom is 0.334 e. The number of amides is 2. The van der Waals surface area contributed by atoms with Gasteiger partial charge >= 0.3 is 12.0 Å². The number of aliphatic hydroxyl groups is 1. The lowest BCUT2D eigenvalue weighted by Gasteiger charge is -2.16. The Morgan fingerprint density at radius 2 is 2.08 bits per heavy atom. The molecule has 2 amide bonds. The summed E-state index contributed by atoms with van der Waals surface area (Å²) in [5.41, 5.74) is 0. The Bertz CT molecular complexity index is 195. The first-order valence-electron chi connectivity index (χ1n) is 3.88. The fourth-order valence-electron chi connectivity index (χ4n) is 0.550. The lowest BCUT2D eigenvalue weighted by atomic mass is 10.3. The molecule has 0 fully saturated rings. The zero-order valence-electron chi connectivity index (χ0n) is 7.65. The molecule has 0 bridgehead atoms. The van der Waals surface area contributed by atoms with E-state index in [1.165, 1.54) is 4.90 Å². The molecule has 0 aliphatic heterocycles. The molecular weight excluding hydrogens is 176 g/mol. The third-order valence-electron chi connectivity index (χ3n) is 1.55. The average Bonchev–Trinajstić information content (AvgIpc) is 2.11. The number of urea groups is 1. The maximum absolute atomic E-state index is 11.0. The predicted molar refractivity (Wildman–Crippen MR) is 45.3 cm³/mol. The van der Waals surface area contributed by atoms with E-state index in [0.717, 1.165) is 0 Å². The molecule has 76 valence electrons. The molecule has 0 saturated heterocycles. The summed E-state index contributed by atoms with van der Waals surface area (Å²) in [6, 6.07) is -0.400. The van der Waals surface area contributed by atoms with E-state index in [4.69, 9.17) is 10.2 Å². The molecule has 0 aromatic carbocycles. The van der Waals surface area contributed by atoms with Crippen LogP contribution in [0, 0.1) is 0 Å². The number of carbonyl (C=O) groups is 2. The summed E-state index contributed by atoms with van der Waals surface area (Å²) in [6.07, 6.45) is -1.55. The van der Waals surface area contributed by atoms with Gasteiger partial charge in [0.25, 0.3) is 0 Å². The minimum atomic E-state index is -1.55. The molecule has 0 aromatic rings. The van der Waals surface area contributed by atoms with Crippen LogP contribution in [0.15, 0.2) is 0 Å². The van der Waals surface area contributed by atoms with Crippen LogP contribution in [0.1, 0.15) is 6.92 Å². The molecule has 0 aliphatic carbocycles. The molecule has 0 unspecified atom stereocenters. The average molecular weight is 190 g/mol.